The van der Waals surface area contributed by atoms with Gasteiger partial charge in [-0.25, -0.2) is 0 Å². The summed E-state index contributed by atoms with van der Waals surface area (Å²) in [5.41, 5.74) is 2.75. The van der Waals surface area contributed by atoms with Crippen LogP contribution in [-0.4, -0.2) is 55.0 Å². The number of hydrogen-bond acceptors (Lipinski definition) is 6. The van der Waals surface area contributed by atoms with Crippen molar-refractivity contribution in [3.63, 3.8) is 0 Å². The molecular formula is C20H23N3O4. The molecule has 2 aromatic rings. The molecule has 0 aliphatic carbocycles. The number of methoxy groups -OCH3 is 2. The van der Waals surface area contributed by atoms with Crippen molar-refractivity contribution in [3.05, 3.63) is 59.9 Å². The molecule has 7 heteroatoms. The van der Waals surface area contributed by atoms with Gasteiger partial charge in [-0.1, -0.05) is 17.3 Å². The number of nitrogens with zero attached hydrogens (tertiary/aromatic N) is 3. The molecule has 0 spiro atoms. The molecular weight excluding hydrogens is 346 g/mol. The molecule has 3 rings (SSSR count). The van der Waals surface area contributed by atoms with Gasteiger partial charge in [-0.05, 0) is 29.8 Å². The highest BCUT2D eigenvalue weighted by Gasteiger charge is 2.27. The molecule has 0 fully saturated rings. The van der Waals surface area contributed by atoms with Crippen LogP contribution in [0.4, 0.5) is 0 Å². The number of oxime groups is 1. The number of amides is 1. The van der Waals surface area contributed by atoms with E-state index in [1.54, 1.807) is 24.4 Å². The molecule has 2 heterocycles. The minimum atomic E-state index is -0.202. The highest BCUT2D eigenvalue weighted by atomic mass is 16.6. The number of carbonyl (C=O) groups excluding carboxylic acids is 1. The highest BCUT2D eigenvalue weighted by Crippen LogP contribution is 2.19. The fraction of sp³-hybridized carbons (Fsp3) is 0.350. The van der Waals surface area contributed by atoms with Gasteiger partial charge >= 0.3 is 0 Å². The molecule has 142 valence electrons. The molecule has 0 bridgehead atoms. The number of rotatable bonds is 8. The van der Waals surface area contributed by atoms with E-state index in [-0.39, 0.29) is 18.6 Å². The fourth-order valence-electron chi connectivity index (χ4n) is 2.94. The highest BCUT2D eigenvalue weighted by molar-refractivity contribution is 6.01. The molecule has 7 nitrogen and oxygen atoms in total. The Morgan fingerprint density at radius 1 is 1.30 bits per heavy atom. The van der Waals surface area contributed by atoms with Crippen molar-refractivity contribution in [2.45, 2.75) is 19.1 Å². The van der Waals surface area contributed by atoms with Crippen molar-refractivity contribution >= 4 is 11.6 Å². The Labute approximate surface area is 158 Å². The molecule has 0 saturated carbocycles. The van der Waals surface area contributed by atoms with Crippen LogP contribution in [0.5, 0.6) is 5.75 Å². The zero-order chi connectivity index (χ0) is 19.1. The predicted octanol–water partition coefficient (Wildman–Crippen LogP) is 2.26. The lowest BCUT2D eigenvalue weighted by atomic mass is 10.1. The lowest BCUT2D eigenvalue weighted by Gasteiger charge is -2.25. The molecule has 1 aliphatic heterocycles. The molecule has 0 saturated heterocycles. The second-order valence-corrected chi connectivity index (χ2v) is 6.27. The summed E-state index contributed by atoms with van der Waals surface area (Å²) >= 11 is 0. The van der Waals surface area contributed by atoms with Crippen molar-refractivity contribution in [3.8, 4) is 5.75 Å². The van der Waals surface area contributed by atoms with E-state index in [9.17, 15) is 4.79 Å². The summed E-state index contributed by atoms with van der Waals surface area (Å²) in [6, 6.07) is 11.5. The van der Waals surface area contributed by atoms with Crippen LogP contribution in [0.1, 0.15) is 17.5 Å². The van der Waals surface area contributed by atoms with E-state index in [0.29, 0.717) is 19.5 Å². The number of hydrogen-bond donors (Lipinski definition) is 0. The van der Waals surface area contributed by atoms with Crippen LogP contribution < -0.4 is 4.74 Å². The Morgan fingerprint density at radius 3 is 2.93 bits per heavy atom. The minimum absolute atomic E-state index is 0.0208. The van der Waals surface area contributed by atoms with Gasteiger partial charge in [-0.15, -0.1) is 0 Å². The van der Waals surface area contributed by atoms with Crippen LogP contribution in [0, 0.1) is 0 Å². The Balaban J connectivity index is 1.66. The summed E-state index contributed by atoms with van der Waals surface area (Å²) in [6.45, 7) is 0.890. The first kappa shape index (κ1) is 18.8. The summed E-state index contributed by atoms with van der Waals surface area (Å²) in [6.07, 6.45) is 3.90. The van der Waals surface area contributed by atoms with Gasteiger partial charge in [-0.2, -0.15) is 0 Å². The molecule has 1 atom stereocenters. The van der Waals surface area contributed by atoms with Crippen molar-refractivity contribution < 1.29 is 19.1 Å². The third kappa shape index (κ3) is 5.04. The van der Waals surface area contributed by atoms with Gasteiger partial charge in [0, 0.05) is 38.0 Å². The molecule has 0 N–H and O–H groups in total. The van der Waals surface area contributed by atoms with E-state index in [4.69, 9.17) is 14.3 Å². The van der Waals surface area contributed by atoms with Gasteiger partial charge in [-0.3, -0.25) is 9.78 Å². The normalized spacial score (nSPS) is 15.8. The Kier molecular flexibility index (Phi) is 6.38. The first-order chi connectivity index (χ1) is 13.2. The van der Waals surface area contributed by atoms with Crippen LogP contribution >= 0.6 is 0 Å². The van der Waals surface area contributed by atoms with E-state index in [2.05, 4.69) is 10.1 Å². The van der Waals surface area contributed by atoms with E-state index in [1.807, 2.05) is 36.4 Å². The van der Waals surface area contributed by atoms with Gasteiger partial charge in [0.1, 0.15) is 12.4 Å². The topological polar surface area (TPSA) is 73.2 Å². The number of carbonyl (C=O) groups is 1. The first-order valence-corrected chi connectivity index (χ1v) is 8.72. The molecule has 0 radical (unpaired) electrons. The second kappa shape index (κ2) is 9.14. The summed E-state index contributed by atoms with van der Waals surface area (Å²) in [4.78, 5) is 23.9. The van der Waals surface area contributed by atoms with Gasteiger partial charge in [0.25, 0.3) is 0 Å². The van der Waals surface area contributed by atoms with Crippen LogP contribution in [0.3, 0.4) is 0 Å². The van der Waals surface area contributed by atoms with Gasteiger partial charge in [0.15, 0.2) is 6.10 Å². The van der Waals surface area contributed by atoms with Crippen molar-refractivity contribution in [1.82, 2.24) is 9.88 Å². The predicted molar refractivity (Wildman–Crippen MR) is 101 cm³/mol. The lowest BCUT2D eigenvalue weighted by Crippen LogP contribution is -2.39. The second-order valence-electron chi connectivity index (χ2n) is 6.27. The lowest BCUT2D eigenvalue weighted by molar-refractivity contribution is -0.137. The first-order valence-electron chi connectivity index (χ1n) is 8.72. The average molecular weight is 369 g/mol. The number of benzene rings is 1. The quantitative estimate of drug-likeness (QED) is 0.714. The molecule has 27 heavy (non-hydrogen) atoms. The monoisotopic (exact) mass is 369 g/mol. The number of aromatic nitrogens is 1. The zero-order valence-electron chi connectivity index (χ0n) is 15.5. The Bertz CT molecular complexity index is 795. The summed E-state index contributed by atoms with van der Waals surface area (Å²) < 4.78 is 10.3. The van der Waals surface area contributed by atoms with Crippen LogP contribution in [0.25, 0.3) is 0 Å². The van der Waals surface area contributed by atoms with Gasteiger partial charge < -0.3 is 19.2 Å². The third-order valence-electron chi connectivity index (χ3n) is 4.28. The molecule has 1 amide bonds. The summed E-state index contributed by atoms with van der Waals surface area (Å²) in [5.74, 6) is 0.657. The Morgan fingerprint density at radius 2 is 2.19 bits per heavy atom. The number of ether oxygens (including phenoxy) is 2. The maximum Gasteiger partial charge on any atom is 0.248 e. The summed E-state index contributed by atoms with van der Waals surface area (Å²) in [7, 11) is 3.13. The molecule has 0 unspecified atom stereocenters. The smallest absolute Gasteiger partial charge is 0.248 e. The third-order valence-corrected chi connectivity index (χ3v) is 4.28. The van der Waals surface area contributed by atoms with E-state index < -0.39 is 0 Å². The van der Waals surface area contributed by atoms with Crippen LogP contribution in [0.2, 0.25) is 0 Å². The maximum absolute atomic E-state index is 12.5. The SMILES string of the molecule is COCC(=O)N(Cc1cccc(OC)c1)C[C@H]1CC(c2cccnc2)=NO1. The largest absolute Gasteiger partial charge is 0.497 e. The van der Waals surface area contributed by atoms with Crippen molar-refractivity contribution in [2.75, 3.05) is 27.4 Å². The van der Waals surface area contributed by atoms with Gasteiger partial charge in [0.05, 0.1) is 19.4 Å². The molecule has 1 aromatic heterocycles. The van der Waals surface area contributed by atoms with Crippen molar-refractivity contribution in [2.24, 2.45) is 5.16 Å². The fourth-order valence-corrected chi connectivity index (χ4v) is 2.94. The minimum Gasteiger partial charge on any atom is -0.497 e. The van der Waals surface area contributed by atoms with E-state index in [1.165, 1.54) is 7.11 Å². The van der Waals surface area contributed by atoms with E-state index in [0.717, 1.165) is 22.6 Å². The van der Waals surface area contributed by atoms with E-state index >= 15 is 0 Å². The Hall–Kier alpha value is -2.93. The molecule has 1 aromatic carbocycles. The summed E-state index contributed by atoms with van der Waals surface area (Å²) in [5, 5.41) is 4.17. The zero-order valence-corrected chi connectivity index (χ0v) is 15.5. The van der Waals surface area contributed by atoms with Crippen LogP contribution in [0.15, 0.2) is 53.9 Å². The van der Waals surface area contributed by atoms with Crippen LogP contribution in [-0.2, 0) is 20.9 Å². The number of pyridine rings is 1. The van der Waals surface area contributed by atoms with Gasteiger partial charge in [0.2, 0.25) is 5.91 Å². The standard InChI is InChI=1S/C20H23N3O4/c1-25-14-20(24)23(12-15-5-3-7-17(9-15)26-2)13-18-10-19(22-27-18)16-6-4-8-21-11-16/h3-9,11,18H,10,12-14H2,1-2H3/t18-/m1/s1. The maximum atomic E-state index is 12.5. The average Bonchev–Trinajstić information content (AvgIpc) is 3.17. The molecule has 1 aliphatic rings. The van der Waals surface area contributed by atoms with Crippen molar-refractivity contribution in [1.29, 1.82) is 0 Å².